The van der Waals surface area contributed by atoms with Crippen molar-refractivity contribution in [3.63, 3.8) is 0 Å². The molecule has 8 heteroatoms. The van der Waals surface area contributed by atoms with E-state index in [4.69, 9.17) is 4.74 Å². The van der Waals surface area contributed by atoms with Gasteiger partial charge in [0.25, 0.3) is 5.91 Å². The molecule has 2 amide bonds. The lowest BCUT2D eigenvalue weighted by Gasteiger charge is -2.21. The highest BCUT2D eigenvalue weighted by molar-refractivity contribution is 9.10. The van der Waals surface area contributed by atoms with Crippen LogP contribution in [-0.2, 0) is 25.7 Å². The molecular formula is C20H16BrN3O4. The average Bonchev–Trinajstić information content (AvgIpc) is 3.23. The largest absolute Gasteiger partial charge is 0.456 e. The molecule has 0 aliphatic carbocycles. The smallest absolute Gasteiger partial charge is 0.354 e. The fourth-order valence-electron chi connectivity index (χ4n) is 3.28. The Morgan fingerprint density at radius 1 is 1.11 bits per heavy atom. The first-order valence-corrected chi connectivity index (χ1v) is 9.46. The van der Waals surface area contributed by atoms with Gasteiger partial charge in [-0.3, -0.25) is 15.0 Å². The van der Waals surface area contributed by atoms with Gasteiger partial charge >= 0.3 is 5.97 Å². The summed E-state index contributed by atoms with van der Waals surface area (Å²) in [6, 6.07) is 16.2. The summed E-state index contributed by atoms with van der Waals surface area (Å²) in [5.74, 6) is -1.36. The predicted octanol–water partition coefficient (Wildman–Crippen LogP) is 2.54. The number of amides is 2. The molecule has 142 valence electrons. The van der Waals surface area contributed by atoms with Gasteiger partial charge in [-0.25, -0.2) is 9.69 Å². The van der Waals surface area contributed by atoms with E-state index in [0.29, 0.717) is 5.69 Å². The van der Waals surface area contributed by atoms with Gasteiger partial charge in [0.1, 0.15) is 17.9 Å². The van der Waals surface area contributed by atoms with Crippen LogP contribution in [0.5, 0.6) is 0 Å². The van der Waals surface area contributed by atoms with E-state index in [9.17, 15) is 14.4 Å². The van der Waals surface area contributed by atoms with Gasteiger partial charge in [0.15, 0.2) is 0 Å². The third-order valence-electron chi connectivity index (χ3n) is 4.72. The van der Waals surface area contributed by atoms with E-state index >= 15 is 0 Å². The number of esters is 1. The number of halogens is 1. The third kappa shape index (κ3) is 3.31. The fraction of sp³-hybridized carbons (Fsp3) is 0.200. The van der Waals surface area contributed by atoms with Crippen LogP contribution < -0.4 is 10.3 Å². The van der Waals surface area contributed by atoms with Gasteiger partial charge in [-0.05, 0) is 29.8 Å². The van der Waals surface area contributed by atoms with Crippen molar-refractivity contribution < 1.29 is 19.1 Å². The summed E-state index contributed by atoms with van der Waals surface area (Å²) in [7, 11) is 0. The number of nitrogens with zero attached hydrogens (tertiary/aromatic N) is 2. The molecule has 28 heavy (non-hydrogen) atoms. The predicted molar refractivity (Wildman–Crippen MR) is 105 cm³/mol. The fourth-order valence-corrected chi connectivity index (χ4v) is 3.54. The van der Waals surface area contributed by atoms with Gasteiger partial charge in [0.2, 0.25) is 5.91 Å². The minimum atomic E-state index is -1.23. The number of anilines is 1. The monoisotopic (exact) mass is 441 g/mol. The summed E-state index contributed by atoms with van der Waals surface area (Å²) in [5.41, 5.74) is 2.93. The van der Waals surface area contributed by atoms with Crippen LogP contribution in [0.1, 0.15) is 18.4 Å². The molecule has 1 spiro atoms. The first-order chi connectivity index (χ1) is 13.5. The van der Waals surface area contributed by atoms with Gasteiger partial charge in [-0.2, -0.15) is 5.10 Å². The van der Waals surface area contributed by atoms with Crippen molar-refractivity contribution in [3.8, 4) is 0 Å². The van der Waals surface area contributed by atoms with E-state index in [-0.39, 0.29) is 31.1 Å². The van der Waals surface area contributed by atoms with Crippen LogP contribution in [0.3, 0.4) is 0 Å². The maximum Gasteiger partial charge on any atom is 0.354 e. The van der Waals surface area contributed by atoms with E-state index in [1.54, 1.807) is 24.3 Å². The summed E-state index contributed by atoms with van der Waals surface area (Å²) in [5, 5.41) is 4.00. The molecule has 1 fully saturated rings. The maximum absolute atomic E-state index is 13.0. The molecule has 0 bridgehead atoms. The van der Waals surface area contributed by atoms with Gasteiger partial charge in [0.05, 0.1) is 12.1 Å². The second-order valence-electron chi connectivity index (χ2n) is 6.68. The van der Waals surface area contributed by atoms with Gasteiger partial charge in [0, 0.05) is 10.9 Å². The van der Waals surface area contributed by atoms with Crippen molar-refractivity contribution >= 4 is 45.1 Å². The minimum absolute atomic E-state index is 0.0121. The number of benzene rings is 2. The van der Waals surface area contributed by atoms with E-state index in [0.717, 1.165) is 14.9 Å². The molecule has 4 rings (SSSR count). The van der Waals surface area contributed by atoms with E-state index in [2.05, 4.69) is 26.5 Å². The third-order valence-corrected chi connectivity index (χ3v) is 5.25. The van der Waals surface area contributed by atoms with Crippen molar-refractivity contribution in [2.24, 2.45) is 5.10 Å². The number of nitrogens with one attached hydrogen (secondary N) is 1. The lowest BCUT2D eigenvalue weighted by atomic mass is 9.93. The summed E-state index contributed by atoms with van der Waals surface area (Å²) >= 11 is 3.33. The lowest BCUT2D eigenvalue weighted by Crippen LogP contribution is -2.47. The Balaban J connectivity index is 1.44. The summed E-state index contributed by atoms with van der Waals surface area (Å²) in [4.78, 5) is 38.9. The zero-order valence-electron chi connectivity index (χ0n) is 14.7. The average molecular weight is 442 g/mol. The van der Waals surface area contributed by atoms with Crippen LogP contribution in [0.4, 0.5) is 5.69 Å². The van der Waals surface area contributed by atoms with Crippen LogP contribution in [0.2, 0.25) is 0 Å². The summed E-state index contributed by atoms with van der Waals surface area (Å²) in [6.45, 7) is 0.115. The Morgan fingerprint density at radius 2 is 1.82 bits per heavy atom. The molecule has 1 N–H and O–H groups in total. The van der Waals surface area contributed by atoms with E-state index in [1.165, 1.54) is 0 Å². The highest BCUT2D eigenvalue weighted by Crippen LogP contribution is 2.35. The highest BCUT2D eigenvalue weighted by Gasteiger charge is 2.56. The molecule has 1 atom stereocenters. The Labute approximate surface area is 169 Å². The van der Waals surface area contributed by atoms with Crippen LogP contribution in [0, 0.1) is 0 Å². The molecule has 7 nitrogen and oxygen atoms in total. The molecular weight excluding hydrogens is 426 g/mol. The van der Waals surface area contributed by atoms with Crippen molar-refractivity contribution in [1.29, 1.82) is 0 Å². The number of hydrogen-bond donors (Lipinski definition) is 1. The Morgan fingerprint density at radius 3 is 2.54 bits per heavy atom. The molecule has 2 aliphatic rings. The van der Waals surface area contributed by atoms with Crippen LogP contribution in [-0.4, -0.2) is 29.0 Å². The zero-order chi connectivity index (χ0) is 19.7. The van der Waals surface area contributed by atoms with Crippen LogP contribution >= 0.6 is 15.9 Å². The number of hydrogen-bond acceptors (Lipinski definition) is 6. The van der Waals surface area contributed by atoms with Gasteiger partial charge in [-0.15, -0.1) is 0 Å². The van der Waals surface area contributed by atoms with E-state index < -0.39 is 17.4 Å². The molecule has 1 saturated heterocycles. The topological polar surface area (TPSA) is 88.1 Å². The number of carbonyl (C=O) groups is 3. The number of rotatable bonds is 4. The summed E-state index contributed by atoms with van der Waals surface area (Å²) < 4.78 is 6.12. The standard InChI is InChI=1S/C20H16BrN3O4/c21-14-6-8-15(9-7-14)24-17(25)11-20(19(24)27)10-16(22-23-20)18(26)28-12-13-4-2-1-3-5-13/h1-9,23H,10-12H2/t20-/m1/s1. The van der Waals surface area contributed by atoms with E-state index in [1.807, 2.05) is 30.3 Å². The van der Waals surface area contributed by atoms with Crippen LogP contribution in [0.15, 0.2) is 64.2 Å². The molecule has 2 aromatic rings. The molecule has 0 radical (unpaired) electrons. The Hall–Kier alpha value is -3.00. The Bertz CT molecular complexity index is 975. The quantitative estimate of drug-likeness (QED) is 0.581. The number of carbonyl (C=O) groups excluding carboxylic acids is 3. The molecule has 2 heterocycles. The molecule has 0 unspecified atom stereocenters. The first-order valence-electron chi connectivity index (χ1n) is 8.66. The number of imide groups is 1. The van der Waals surface area contributed by atoms with Crippen molar-refractivity contribution in [3.05, 3.63) is 64.6 Å². The van der Waals surface area contributed by atoms with Crippen molar-refractivity contribution in [1.82, 2.24) is 5.43 Å². The summed E-state index contributed by atoms with van der Waals surface area (Å²) in [6.07, 6.45) is -0.0565. The number of ether oxygens (including phenoxy) is 1. The zero-order valence-corrected chi connectivity index (χ0v) is 16.3. The van der Waals surface area contributed by atoms with Crippen molar-refractivity contribution in [2.75, 3.05) is 4.90 Å². The van der Waals surface area contributed by atoms with Gasteiger partial charge < -0.3 is 4.74 Å². The minimum Gasteiger partial charge on any atom is -0.456 e. The SMILES string of the molecule is O=C(OCc1ccccc1)C1=NN[C@@]2(CC(=O)N(c3ccc(Br)cc3)C2=O)C1. The molecule has 0 aromatic heterocycles. The second-order valence-corrected chi connectivity index (χ2v) is 7.59. The lowest BCUT2D eigenvalue weighted by molar-refractivity contribution is -0.136. The first kappa shape index (κ1) is 18.4. The van der Waals surface area contributed by atoms with Crippen LogP contribution in [0.25, 0.3) is 0 Å². The normalized spacial score (nSPS) is 21.0. The van der Waals surface area contributed by atoms with Gasteiger partial charge in [-0.1, -0.05) is 46.3 Å². The van der Waals surface area contributed by atoms with Crippen molar-refractivity contribution in [2.45, 2.75) is 25.0 Å². The number of hydrazone groups is 1. The molecule has 0 saturated carbocycles. The molecule has 2 aliphatic heterocycles. The second kappa shape index (κ2) is 7.20. The maximum atomic E-state index is 13.0. The Kier molecular flexibility index (Phi) is 4.72. The highest BCUT2D eigenvalue weighted by atomic mass is 79.9. The molecule has 2 aromatic carbocycles.